The van der Waals surface area contributed by atoms with Crippen molar-refractivity contribution in [3.05, 3.63) is 24.3 Å². The number of aliphatic hydroxyl groups is 1. The van der Waals surface area contributed by atoms with E-state index in [1.165, 1.54) is 0 Å². The number of ether oxygens (including phenoxy) is 8. The Bertz CT molecular complexity index is 1640. The Labute approximate surface area is 337 Å². The highest BCUT2D eigenvalue weighted by atomic mass is 32.2. The van der Waals surface area contributed by atoms with Crippen molar-refractivity contribution in [3.8, 4) is 0 Å². The molecule has 0 aliphatic carbocycles. The van der Waals surface area contributed by atoms with E-state index in [9.17, 15) is 18.3 Å². The summed E-state index contributed by atoms with van der Waals surface area (Å²) in [5, 5.41) is 10.5. The summed E-state index contributed by atoms with van der Waals surface area (Å²) in [6.07, 6.45) is 6.89. The molecule has 12 bridgehead atoms. The molecule has 10 saturated heterocycles. The summed E-state index contributed by atoms with van der Waals surface area (Å²) in [7, 11) is -3.67. The highest BCUT2D eigenvalue weighted by molar-refractivity contribution is 7.85. The molecule has 10 aliphatic rings. The molecule has 1 spiro atoms. The van der Waals surface area contributed by atoms with Crippen LogP contribution in [0.25, 0.3) is 0 Å². The van der Waals surface area contributed by atoms with Crippen molar-refractivity contribution >= 4 is 15.9 Å². The minimum atomic E-state index is -3.67. The molecule has 0 amide bonds. The molecular weight excluding hydrogens is 759 g/mol. The number of carbonyl (C=O) groups excluding carboxylic acids is 1. The van der Waals surface area contributed by atoms with E-state index in [2.05, 4.69) is 33.9 Å². The Morgan fingerprint density at radius 2 is 1.53 bits per heavy atom. The first-order valence-electron chi connectivity index (χ1n) is 21.4. The van der Waals surface area contributed by atoms with E-state index in [1.807, 2.05) is 0 Å². The zero-order valence-corrected chi connectivity index (χ0v) is 34.8. The molecule has 19 atom stereocenters. The van der Waals surface area contributed by atoms with Gasteiger partial charge in [0.25, 0.3) is 10.1 Å². The molecule has 0 aromatic heterocycles. The molecule has 57 heavy (non-hydrogen) atoms. The van der Waals surface area contributed by atoms with E-state index in [0.717, 1.165) is 56.1 Å². The molecule has 10 aliphatic heterocycles. The topological polar surface area (TPSA) is 192 Å². The van der Waals surface area contributed by atoms with Gasteiger partial charge in [0.05, 0.1) is 61.2 Å². The predicted molar refractivity (Wildman–Crippen MR) is 207 cm³/mol. The van der Waals surface area contributed by atoms with Crippen molar-refractivity contribution < 1.29 is 60.8 Å². The van der Waals surface area contributed by atoms with E-state index < -0.39 is 27.6 Å². The van der Waals surface area contributed by atoms with Crippen LogP contribution in [-0.4, -0.2) is 134 Å². The summed E-state index contributed by atoms with van der Waals surface area (Å²) < 4.78 is 80.4. The van der Waals surface area contributed by atoms with Crippen LogP contribution in [0.15, 0.2) is 24.3 Å². The summed E-state index contributed by atoms with van der Waals surface area (Å²) in [5.41, 5.74) is 7.57. The quantitative estimate of drug-likeness (QED) is 0.274. The summed E-state index contributed by atoms with van der Waals surface area (Å²) in [4.78, 5) is 14.0. The van der Waals surface area contributed by atoms with Gasteiger partial charge in [0.2, 0.25) is 0 Å². The lowest BCUT2D eigenvalue weighted by Crippen LogP contribution is -2.61. The van der Waals surface area contributed by atoms with Crippen molar-refractivity contribution in [2.24, 2.45) is 23.5 Å². The highest BCUT2D eigenvalue weighted by Gasteiger charge is 2.73. The summed E-state index contributed by atoms with van der Waals surface area (Å²) >= 11 is 0. The van der Waals surface area contributed by atoms with Crippen molar-refractivity contribution in [2.45, 2.75) is 201 Å². The van der Waals surface area contributed by atoms with Gasteiger partial charge in [-0.05, 0) is 80.8 Å². The van der Waals surface area contributed by atoms with Gasteiger partial charge in [-0.15, -0.1) is 0 Å². The molecule has 0 aromatic rings. The second-order valence-electron chi connectivity index (χ2n) is 19.0. The smallest absolute Gasteiger partial charge is 0.261 e. The molecular formula is C42H65NO13S. The maximum atomic E-state index is 14.0. The zero-order valence-electron chi connectivity index (χ0n) is 34.0. The van der Waals surface area contributed by atoms with Crippen molar-refractivity contribution in [1.82, 2.24) is 0 Å². The van der Waals surface area contributed by atoms with Gasteiger partial charge >= 0.3 is 0 Å². The maximum Gasteiger partial charge on any atom is 0.261 e. The monoisotopic (exact) mass is 823 g/mol. The Morgan fingerprint density at radius 1 is 0.825 bits per heavy atom. The lowest BCUT2D eigenvalue weighted by molar-refractivity contribution is -0.294. The van der Waals surface area contributed by atoms with E-state index >= 15 is 0 Å². The minimum Gasteiger partial charge on any atom is -0.392 e. The lowest BCUT2D eigenvalue weighted by Gasteiger charge is -2.47. The Balaban J connectivity index is 0.000000859. The first kappa shape index (κ1) is 42.4. The number of ketones is 1. The van der Waals surface area contributed by atoms with Gasteiger partial charge in [-0.2, -0.15) is 8.42 Å². The largest absolute Gasteiger partial charge is 0.392 e. The normalized spacial score (nSPS) is 50.1. The molecule has 10 fully saturated rings. The van der Waals surface area contributed by atoms with Gasteiger partial charge < -0.3 is 48.7 Å². The van der Waals surface area contributed by atoms with Gasteiger partial charge in [-0.1, -0.05) is 27.0 Å². The van der Waals surface area contributed by atoms with Crippen LogP contribution in [-0.2, 0) is 52.8 Å². The number of Topliss-reactive ketones (excluding diaryl/α,β-unsaturated/α-hetero) is 1. The molecule has 4 N–H and O–H groups in total. The van der Waals surface area contributed by atoms with Gasteiger partial charge in [0.1, 0.15) is 41.9 Å². The van der Waals surface area contributed by atoms with Crippen LogP contribution in [0.4, 0.5) is 0 Å². The van der Waals surface area contributed by atoms with Gasteiger partial charge in [0, 0.05) is 45.1 Å². The van der Waals surface area contributed by atoms with Crippen molar-refractivity contribution in [3.63, 3.8) is 0 Å². The van der Waals surface area contributed by atoms with Crippen molar-refractivity contribution in [2.75, 3.05) is 12.8 Å². The first-order valence-corrected chi connectivity index (χ1v) is 23.2. The summed E-state index contributed by atoms with van der Waals surface area (Å²) in [6.45, 7) is 15.6. The number of rotatable bonds is 3. The average molecular weight is 824 g/mol. The third kappa shape index (κ3) is 8.74. The Morgan fingerprint density at radius 3 is 2.28 bits per heavy atom. The van der Waals surface area contributed by atoms with Crippen LogP contribution in [0.3, 0.4) is 0 Å². The summed E-state index contributed by atoms with van der Waals surface area (Å²) in [5.74, 6) is -0.272. The number of hydrogen-bond acceptors (Lipinski definition) is 13. The number of aliphatic hydroxyl groups excluding tert-OH is 1. The molecule has 10 heterocycles. The highest BCUT2D eigenvalue weighted by Crippen LogP contribution is 2.58. The number of nitrogens with two attached hydrogens (primary N) is 1. The van der Waals surface area contributed by atoms with Crippen LogP contribution in [0, 0.1) is 17.8 Å². The molecule has 15 heteroatoms. The molecule has 4 unspecified atom stereocenters. The Hall–Kier alpha value is -1.34. The predicted octanol–water partition coefficient (Wildman–Crippen LogP) is 3.95. The van der Waals surface area contributed by atoms with Gasteiger partial charge in [0.15, 0.2) is 5.79 Å². The molecule has 0 aromatic carbocycles. The SMILES string of the molecule is C=C1C[C@@H]2CC[C@@]34C[C@@]5(C)O[C@H]6[C@@H](O3)[C@H]3OC(CC[C@@H]3O[C@H]6C5O4)CC(=O)C[C@@H]3[C@@H](C)[C@@H](C[C@H](O)CN)O[C@H]3CC3O[C@@H](CCC1O2)C[C@@H](C)C3=C.CS(=O)(=O)O. The summed E-state index contributed by atoms with van der Waals surface area (Å²) in [6, 6.07) is 0. The lowest BCUT2D eigenvalue weighted by atomic mass is 9.78. The van der Waals surface area contributed by atoms with Crippen LogP contribution in [0.1, 0.15) is 104 Å². The van der Waals surface area contributed by atoms with Gasteiger partial charge in [-0.25, -0.2) is 0 Å². The van der Waals surface area contributed by atoms with E-state index in [4.69, 9.17) is 48.2 Å². The van der Waals surface area contributed by atoms with E-state index in [-0.39, 0.29) is 104 Å². The average Bonchev–Trinajstić information content (AvgIpc) is 3.76. The molecule has 0 saturated carbocycles. The molecule has 14 nitrogen and oxygen atoms in total. The second kappa shape index (κ2) is 16.2. The second-order valence-corrected chi connectivity index (χ2v) is 20.5. The number of carbonyl (C=O) groups is 1. The first-order chi connectivity index (χ1) is 26.9. The maximum absolute atomic E-state index is 14.0. The number of fused-ring (bicyclic) bond motifs is 6. The van der Waals surface area contributed by atoms with E-state index in [1.54, 1.807) is 0 Å². The fraction of sp³-hybridized carbons (Fsp3) is 0.881. The fourth-order valence-corrected chi connectivity index (χ4v) is 11.7. The van der Waals surface area contributed by atoms with Crippen LogP contribution >= 0.6 is 0 Å². The molecule has 322 valence electrons. The standard InChI is InChI=1S/C41H61NO10.CH4O3S/c1-20-12-26-6-8-30-21(2)13-28(45-30)10-11-41-19-40(5)39(52-41)38-37(50-40)36(51-41)35-31(49-38)9-7-27(47-35)14-24(43)15-29-23(4)32(16-25(44)18-42)48-34(29)17-33(46-26)22(20)3;1-5(2,3)4/h20,23,25-39,44H,2-3,6-19,42H2,1,4-5H3;1H3,(H,2,3,4)/t20-,23-,25+,26+,27?,28+,29-,30?,31+,32-,33?,34+,35+,36+,37+,38-,39?,40-,41-;/m1./s1. The molecule has 10 rings (SSSR count). The van der Waals surface area contributed by atoms with Crippen LogP contribution in [0.5, 0.6) is 0 Å². The third-order valence-corrected chi connectivity index (χ3v) is 14.6. The minimum absolute atomic E-state index is 0.00566. The van der Waals surface area contributed by atoms with Crippen molar-refractivity contribution in [1.29, 1.82) is 0 Å². The fourth-order valence-electron chi connectivity index (χ4n) is 11.7. The van der Waals surface area contributed by atoms with Crippen LogP contribution < -0.4 is 5.73 Å². The molecule has 0 radical (unpaired) electrons. The van der Waals surface area contributed by atoms with E-state index in [0.29, 0.717) is 50.7 Å². The third-order valence-electron chi connectivity index (χ3n) is 14.6. The number of hydrogen-bond donors (Lipinski definition) is 3. The zero-order chi connectivity index (χ0) is 40.6. The Kier molecular flexibility index (Phi) is 12.0. The van der Waals surface area contributed by atoms with Crippen LogP contribution in [0.2, 0.25) is 0 Å². The van der Waals surface area contributed by atoms with Gasteiger partial charge in [-0.3, -0.25) is 9.35 Å².